The van der Waals surface area contributed by atoms with Gasteiger partial charge in [0.05, 0.1) is 13.3 Å². The zero-order valence-corrected chi connectivity index (χ0v) is 11.4. The second-order valence-corrected chi connectivity index (χ2v) is 4.18. The lowest BCUT2D eigenvalue weighted by Gasteiger charge is -2.09. The molecule has 0 spiro atoms. The van der Waals surface area contributed by atoms with E-state index >= 15 is 0 Å². The lowest BCUT2D eigenvalue weighted by atomic mass is 9.97. The summed E-state index contributed by atoms with van der Waals surface area (Å²) < 4.78 is 5.18. The van der Waals surface area contributed by atoms with Crippen molar-refractivity contribution in [2.75, 3.05) is 14.2 Å². The fraction of sp³-hybridized carbons (Fsp3) is 0.188. The highest BCUT2D eigenvalue weighted by molar-refractivity contribution is 5.91. The topological polar surface area (TPSA) is 30.8 Å². The Morgan fingerprint density at radius 3 is 2.37 bits per heavy atom. The van der Waals surface area contributed by atoms with Gasteiger partial charge in [-0.3, -0.25) is 0 Å². The Balaban J connectivity index is 2.48. The molecule has 3 nitrogen and oxygen atoms in total. The van der Waals surface area contributed by atoms with Gasteiger partial charge in [-0.1, -0.05) is 35.5 Å². The Kier molecular flexibility index (Phi) is 4.18. The molecular formula is C16H17NO2. The van der Waals surface area contributed by atoms with Gasteiger partial charge in [0, 0.05) is 5.56 Å². The number of hydrogen-bond donors (Lipinski definition) is 0. The van der Waals surface area contributed by atoms with Gasteiger partial charge in [0.1, 0.15) is 12.9 Å². The Hall–Kier alpha value is -2.29. The Morgan fingerprint density at radius 2 is 1.74 bits per heavy atom. The molecular weight excluding hydrogens is 238 g/mol. The van der Waals surface area contributed by atoms with Crippen LogP contribution in [0.4, 0.5) is 0 Å². The first-order chi connectivity index (χ1) is 9.26. The summed E-state index contributed by atoms with van der Waals surface area (Å²) in [6.07, 6.45) is 1.74. The van der Waals surface area contributed by atoms with Crippen molar-refractivity contribution in [2.24, 2.45) is 5.16 Å². The van der Waals surface area contributed by atoms with E-state index in [-0.39, 0.29) is 0 Å². The molecule has 0 unspecified atom stereocenters. The fourth-order valence-electron chi connectivity index (χ4n) is 1.98. The van der Waals surface area contributed by atoms with Crippen LogP contribution in [0.15, 0.2) is 47.6 Å². The van der Waals surface area contributed by atoms with Crippen molar-refractivity contribution >= 4 is 6.21 Å². The van der Waals surface area contributed by atoms with Crippen LogP contribution < -0.4 is 4.74 Å². The van der Waals surface area contributed by atoms with Crippen molar-refractivity contribution in [2.45, 2.75) is 6.92 Å². The van der Waals surface area contributed by atoms with Crippen molar-refractivity contribution in [3.63, 3.8) is 0 Å². The van der Waals surface area contributed by atoms with Crippen molar-refractivity contribution in [1.29, 1.82) is 0 Å². The molecule has 0 saturated heterocycles. The molecule has 0 radical (unpaired) electrons. The van der Waals surface area contributed by atoms with Crippen LogP contribution in [-0.4, -0.2) is 20.4 Å². The summed E-state index contributed by atoms with van der Waals surface area (Å²) in [4.78, 5) is 4.78. The number of ether oxygens (including phenoxy) is 1. The minimum absolute atomic E-state index is 0.850. The van der Waals surface area contributed by atoms with E-state index in [2.05, 4.69) is 24.2 Å². The first-order valence-electron chi connectivity index (χ1n) is 6.07. The monoisotopic (exact) mass is 255 g/mol. The first kappa shape index (κ1) is 13.1. The maximum atomic E-state index is 5.18. The summed E-state index contributed by atoms with van der Waals surface area (Å²) in [6.45, 7) is 2.06. The van der Waals surface area contributed by atoms with Crippen LogP contribution in [0.25, 0.3) is 11.1 Å². The number of hydrogen-bond acceptors (Lipinski definition) is 3. The summed E-state index contributed by atoms with van der Waals surface area (Å²) in [5, 5.41) is 3.87. The first-order valence-corrected chi connectivity index (χ1v) is 6.07. The SMILES string of the molecule is CO/N=C/c1c(C)cccc1-c1ccc(OC)cc1. The third-order valence-corrected chi connectivity index (χ3v) is 3.01. The highest BCUT2D eigenvalue weighted by Crippen LogP contribution is 2.26. The van der Waals surface area contributed by atoms with E-state index in [1.165, 1.54) is 0 Å². The van der Waals surface area contributed by atoms with Crippen LogP contribution in [0.2, 0.25) is 0 Å². The third kappa shape index (κ3) is 2.94. The Labute approximate surface area is 113 Å². The molecule has 0 heterocycles. The van der Waals surface area contributed by atoms with Gasteiger partial charge >= 0.3 is 0 Å². The average Bonchev–Trinajstić information content (AvgIpc) is 2.46. The summed E-state index contributed by atoms with van der Waals surface area (Å²) in [5.41, 5.74) is 4.48. The number of rotatable bonds is 4. The van der Waals surface area contributed by atoms with E-state index in [0.717, 1.165) is 28.0 Å². The fourth-order valence-corrected chi connectivity index (χ4v) is 1.98. The van der Waals surface area contributed by atoms with E-state index in [4.69, 9.17) is 9.57 Å². The quantitative estimate of drug-likeness (QED) is 0.616. The lowest BCUT2D eigenvalue weighted by molar-refractivity contribution is 0.215. The van der Waals surface area contributed by atoms with Crippen LogP contribution in [0.5, 0.6) is 5.75 Å². The van der Waals surface area contributed by atoms with Crippen molar-refractivity contribution in [1.82, 2.24) is 0 Å². The largest absolute Gasteiger partial charge is 0.497 e. The van der Waals surface area contributed by atoms with E-state index in [1.54, 1.807) is 20.4 Å². The van der Waals surface area contributed by atoms with Gasteiger partial charge in [-0.25, -0.2) is 0 Å². The molecule has 0 aromatic heterocycles. The molecule has 0 aliphatic rings. The smallest absolute Gasteiger partial charge is 0.118 e. The molecule has 2 rings (SSSR count). The summed E-state index contributed by atoms with van der Waals surface area (Å²) in [6, 6.07) is 14.2. The summed E-state index contributed by atoms with van der Waals surface area (Å²) >= 11 is 0. The molecule has 2 aromatic carbocycles. The molecule has 0 amide bonds. The molecule has 0 bridgehead atoms. The molecule has 3 heteroatoms. The standard InChI is InChI=1S/C16H17NO2/c1-12-5-4-6-15(16(12)11-17-19-3)13-7-9-14(18-2)10-8-13/h4-11H,1-3H3/b17-11+. The van der Waals surface area contributed by atoms with Crippen LogP contribution in [0, 0.1) is 6.92 Å². The predicted molar refractivity (Wildman–Crippen MR) is 77.8 cm³/mol. The molecule has 2 aromatic rings. The van der Waals surface area contributed by atoms with Gasteiger partial charge in [0.15, 0.2) is 0 Å². The summed E-state index contributed by atoms with van der Waals surface area (Å²) in [5.74, 6) is 0.850. The summed E-state index contributed by atoms with van der Waals surface area (Å²) in [7, 11) is 3.21. The van der Waals surface area contributed by atoms with Gasteiger partial charge in [0.2, 0.25) is 0 Å². The van der Waals surface area contributed by atoms with Gasteiger partial charge in [-0.2, -0.15) is 0 Å². The maximum Gasteiger partial charge on any atom is 0.118 e. The van der Waals surface area contributed by atoms with E-state index in [0.29, 0.717) is 0 Å². The van der Waals surface area contributed by atoms with Crippen molar-refractivity contribution < 1.29 is 9.57 Å². The Bertz CT molecular complexity index is 574. The molecule has 0 N–H and O–H groups in total. The van der Waals surface area contributed by atoms with Crippen LogP contribution >= 0.6 is 0 Å². The molecule has 98 valence electrons. The Morgan fingerprint density at radius 1 is 1.00 bits per heavy atom. The molecule has 19 heavy (non-hydrogen) atoms. The zero-order valence-electron chi connectivity index (χ0n) is 11.4. The minimum Gasteiger partial charge on any atom is -0.497 e. The number of aryl methyl sites for hydroxylation is 1. The van der Waals surface area contributed by atoms with Gasteiger partial charge < -0.3 is 9.57 Å². The molecule has 0 atom stereocenters. The molecule has 0 aliphatic carbocycles. The average molecular weight is 255 g/mol. The highest BCUT2D eigenvalue weighted by atomic mass is 16.6. The zero-order chi connectivity index (χ0) is 13.7. The van der Waals surface area contributed by atoms with E-state index in [9.17, 15) is 0 Å². The van der Waals surface area contributed by atoms with Crippen molar-refractivity contribution in [3.8, 4) is 16.9 Å². The van der Waals surface area contributed by atoms with Crippen molar-refractivity contribution in [3.05, 3.63) is 53.6 Å². The maximum absolute atomic E-state index is 5.18. The van der Waals surface area contributed by atoms with Gasteiger partial charge in [-0.05, 0) is 35.7 Å². The number of benzene rings is 2. The molecule has 0 saturated carbocycles. The molecule has 0 fully saturated rings. The second kappa shape index (κ2) is 6.05. The third-order valence-electron chi connectivity index (χ3n) is 3.01. The highest BCUT2D eigenvalue weighted by Gasteiger charge is 2.06. The van der Waals surface area contributed by atoms with E-state index in [1.807, 2.05) is 30.3 Å². The number of oxime groups is 1. The van der Waals surface area contributed by atoms with Crippen LogP contribution in [0.1, 0.15) is 11.1 Å². The predicted octanol–water partition coefficient (Wildman–Crippen LogP) is 3.65. The second-order valence-electron chi connectivity index (χ2n) is 4.18. The van der Waals surface area contributed by atoms with Gasteiger partial charge in [0.25, 0.3) is 0 Å². The van der Waals surface area contributed by atoms with E-state index < -0.39 is 0 Å². The normalized spacial score (nSPS) is 10.7. The number of nitrogens with zero attached hydrogens (tertiary/aromatic N) is 1. The van der Waals surface area contributed by atoms with Gasteiger partial charge in [-0.15, -0.1) is 0 Å². The molecule has 0 aliphatic heterocycles. The van der Waals surface area contributed by atoms with Crippen LogP contribution in [0.3, 0.4) is 0 Å². The lowest BCUT2D eigenvalue weighted by Crippen LogP contribution is -1.93. The van der Waals surface area contributed by atoms with Crippen LogP contribution in [-0.2, 0) is 4.84 Å². The minimum atomic E-state index is 0.850. The number of methoxy groups -OCH3 is 1.